The lowest BCUT2D eigenvalue weighted by atomic mass is 10.1. The Kier molecular flexibility index (Phi) is 6.30. The van der Waals surface area contributed by atoms with Crippen LogP contribution in [0.4, 0.5) is 4.39 Å². The van der Waals surface area contributed by atoms with Gasteiger partial charge in [-0.25, -0.2) is 20.2 Å². The lowest BCUT2D eigenvalue weighted by molar-refractivity contribution is -0.117. The normalized spacial score (nSPS) is 13.7. The third kappa shape index (κ3) is 4.86. The lowest BCUT2D eigenvalue weighted by Crippen LogP contribution is -2.33. The Labute approximate surface area is 207 Å². The Hall–Kier alpha value is -4.38. The Bertz CT molecular complexity index is 1430. The maximum Gasteiger partial charge on any atom is 0.268 e. The molecule has 5 N–H and O–H groups in total. The number of nitrogens with zero attached hydrogens (tertiary/aromatic N) is 5. The van der Waals surface area contributed by atoms with Crippen LogP contribution in [0.5, 0.6) is 5.75 Å². The molecule has 4 aromatic rings. The number of halogens is 1. The number of hydrogen-bond acceptors (Lipinski definition) is 7. The number of imidazole rings is 2. The summed E-state index contributed by atoms with van der Waals surface area (Å²) in [7, 11) is 1.38. The third-order valence-electron chi connectivity index (χ3n) is 6.10. The van der Waals surface area contributed by atoms with Crippen molar-refractivity contribution < 1.29 is 13.9 Å². The topological polar surface area (TPSA) is 129 Å². The number of rotatable bonds is 9. The molecule has 186 valence electrons. The van der Waals surface area contributed by atoms with Crippen molar-refractivity contribution in [2.24, 2.45) is 11.6 Å². The fourth-order valence-electron chi connectivity index (χ4n) is 4.10. The van der Waals surface area contributed by atoms with Gasteiger partial charge >= 0.3 is 0 Å². The number of fused-ring (bicyclic) bond motifs is 1. The van der Waals surface area contributed by atoms with Gasteiger partial charge in [-0.2, -0.15) is 0 Å². The highest BCUT2D eigenvalue weighted by Crippen LogP contribution is 2.39. The molecule has 3 aromatic heterocycles. The highest BCUT2D eigenvalue weighted by Gasteiger charge is 2.24. The van der Waals surface area contributed by atoms with E-state index >= 15 is 0 Å². The SMILES string of the molecule is COc1ccc(-n2ccnc2)c(CNC(=O)/C(N)=C/N(N)Cc2cn3cc(C4CC4)ccc3n2)c1F. The van der Waals surface area contributed by atoms with E-state index in [2.05, 4.69) is 27.5 Å². The average molecular weight is 491 g/mol. The molecule has 0 unspecified atom stereocenters. The Morgan fingerprint density at radius 1 is 1.31 bits per heavy atom. The highest BCUT2D eigenvalue weighted by molar-refractivity contribution is 5.92. The molecule has 36 heavy (non-hydrogen) atoms. The predicted molar refractivity (Wildman–Crippen MR) is 131 cm³/mol. The molecule has 3 heterocycles. The zero-order valence-corrected chi connectivity index (χ0v) is 19.8. The molecule has 10 nitrogen and oxygen atoms in total. The van der Waals surface area contributed by atoms with Crippen LogP contribution in [0.25, 0.3) is 11.3 Å². The van der Waals surface area contributed by atoms with Gasteiger partial charge in [0.2, 0.25) is 0 Å². The minimum Gasteiger partial charge on any atom is -0.494 e. The van der Waals surface area contributed by atoms with Gasteiger partial charge in [-0.3, -0.25) is 4.79 Å². The Balaban J connectivity index is 1.25. The molecule has 1 aliphatic carbocycles. The molecule has 0 radical (unpaired) electrons. The van der Waals surface area contributed by atoms with Gasteiger partial charge in [-0.05, 0) is 42.5 Å². The predicted octanol–water partition coefficient (Wildman–Crippen LogP) is 2.34. The third-order valence-corrected chi connectivity index (χ3v) is 6.10. The first-order chi connectivity index (χ1) is 17.4. The molecule has 1 aromatic carbocycles. The summed E-state index contributed by atoms with van der Waals surface area (Å²) < 4.78 is 23.7. The van der Waals surface area contributed by atoms with E-state index in [1.54, 1.807) is 29.4 Å². The molecule has 1 saturated carbocycles. The minimum atomic E-state index is -0.590. The van der Waals surface area contributed by atoms with Crippen LogP contribution >= 0.6 is 0 Å². The summed E-state index contributed by atoms with van der Waals surface area (Å²) >= 11 is 0. The second-order valence-corrected chi connectivity index (χ2v) is 8.72. The minimum absolute atomic E-state index is 0.0662. The summed E-state index contributed by atoms with van der Waals surface area (Å²) in [6, 6.07) is 7.30. The van der Waals surface area contributed by atoms with Gasteiger partial charge in [0.1, 0.15) is 11.3 Å². The summed E-state index contributed by atoms with van der Waals surface area (Å²) in [5, 5.41) is 3.94. The average Bonchev–Trinajstić information content (AvgIpc) is 3.41. The van der Waals surface area contributed by atoms with Crippen molar-refractivity contribution >= 4 is 11.6 Å². The molecule has 0 saturated heterocycles. The molecule has 11 heteroatoms. The van der Waals surface area contributed by atoms with E-state index in [1.165, 1.54) is 42.8 Å². The number of benzene rings is 1. The number of methoxy groups -OCH3 is 1. The molecular weight excluding hydrogens is 463 g/mol. The number of amides is 1. The van der Waals surface area contributed by atoms with Crippen LogP contribution in [-0.4, -0.2) is 37.0 Å². The number of hydrazine groups is 1. The molecule has 0 bridgehead atoms. The summed E-state index contributed by atoms with van der Waals surface area (Å²) in [6.07, 6.45) is 12.6. The van der Waals surface area contributed by atoms with Crippen molar-refractivity contribution in [3.05, 3.63) is 89.9 Å². The highest BCUT2D eigenvalue weighted by atomic mass is 19.1. The van der Waals surface area contributed by atoms with Crippen molar-refractivity contribution in [3.8, 4) is 11.4 Å². The second-order valence-electron chi connectivity index (χ2n) is 8.72. The fraction of sp³-hybridized carbons (Fsp3) is 0.240. The molecule has 0 atom stereocenters. The fourth-order valence-corrected chi connectivity index (χ4v) is 4.10. The van der Waals surface area contributed by atoms with E-state index in [0.29, 0.717) is 11.6 Å². The van der Waals surface area contributed by atoms with E-state index in [1.807, 2.05) is 16.7 Å². The molecule has 1 fully saturated rings. The van der Waals surface area contributed by atoms with Crippen LogP contribution in [-0.2, 0) is 17.9 Å². The number of nitrogens with one attached hydrogen (secondary N) is 1. The van der Waals surface area contributed by atoms with Gasteiger partial charge in [0, 0.05) is 43.1 Å². The zero-order valence-electron chi connectivity index (χ0n) is 19.8. The van der Waals surface area contributed by atoms with Crippen molar-refractivity contribution in [1.82, 2.24) is 29.3 Å². The molecule has 0 aliphatic heterocycles. The van der Waals surface area contributed by atoms with Crippen molar-refractivity contribution in [1.29, 1.82) is 0 Å². The summed E-state index contributed by atoms with van der Waals surface area (Å²) in [5.41, 5.74) is 9.46. The van der Waals surface area contributed by atoms with E-state index in [0.717, 1.165) is 11.3 Å². The van der Waals surface area contributed by atoms with Gasteiger partial charge in [-0.1, -0.05) is 6.07 Å². The van der Waals surface area contributed by atoms with Crippen LogP contribution < -0.4 is 21.6 Å². The van der Waals surface area contributed by atoms with Crippen molar-refractivity contribution in [2.45, 2.75) is 31.8 Å². The second kappa shape index (κ2) is 9.70. The first-order valence-corrected chi connectivity index (χ1v) is 11.5. The van der Waals surface area contributed by atoms with E-state index < -0.39 is 11.7 Å². The zero-order chi connectivity index (χ0) is 25.2. The standard InChI is InChI=1S/C25H27FN8O2/c1-36-22-6-5-21(32-9-8-29-15-32)19(24(22)26)10-30-25(35)20(27)14-34(28)13-18-12-33-11-17(16-2-3-16)4-7-23(33)31-18/h4-9,11-12,14-16H,2-3,10,13,27-28H2,1H3,(H,30,35)/b20-14-. The molecule has 1 amide bonds. The van der Waals surface area contributed by atoms with Crippen LogP contribution in [0.15, 0.2) is 67.3 Å². The van der Waals surface area contributed by atoms with E-state index in [9.17, 15) is 9.18 Å². The van der Waals surface area contributed by atoms with E-state index in [-0.39, 0.29) is 30.1 Å². The van der Waals surface area contributed by atoms with Crippen LogP contribution in [0.3, 0.4) is 0 Å². The molecule has 0 spiro atoms. The first-order valence-electron chi connectivity index (χ1n) is 11.5. The van der Waals surface area contributed by atoms with Gasteiger partial charge < -0.3 is 29.8 Å². The number of nitrogens with two attached hydrogens (primary N) is 2. The Morgan fingerprint density at radius 3 is 2.86 bits per heavy atom. The largest absolute Gasteiger partial charge is 0.494 e. The van der Waals surface area contributed by atoms with Crippen LogP contribution in [0.2, 0.25) is 0 Å². The summed E-state index contributed by atoms with van der Waals surface area (Å²) in [5.74, 6) is 5.62. The van der Waals surface area contributed by atoms with Crippen molar-refractivity contribution in [3.63, 3.8) is 0 Å². The number of hydrogen-bond donors (Lipinski definition) is 3. The number of pyridine rings is 1. The quantitative estimate of drug-likeness (QED) is 0.187. The van der Waals surface area contributed by atoms with Crippen molar-refractivity contribution in [2.75, 3.05) is 7.11 Å². The molecule has 5 rings (SSSR count). The number of aromatic nitrogens is 4. The Morgan fingerprint density at radius 2 is 2.14 bits per heavy atom. The van der Waals surface area contributed by atoms with Gasteiger partial charge in [0.25, 0.3) is 5.91 Å². The number of carbonyl (C=O) groups excluding carboxylic acids is 1. The molecule has 1 aliphatic rings. The van der Waals surface area contributed by atoms with Crippen LogP contribution in [0, 0.1) is 5.82 Å². The molecular formula is C25H27FN8O2. The first kappa shape index (κ1) is 23.4. The number of carbonyl (C=O) groups is 1. The van der Waals surface area contributed by atoms with Crippen LogP contribution in [0.1, 0.15) is 35.6 Å². The lowest BCUT2D eigenvalue weighted by Gasteiger charge is -2.16. The van der Waals surface area contributed by atoms with E-state index in [4.69, 9.17) is 16.3 Å². The van der Waals surface area contributed by atoms with Gasteiger partial charge in [0.15, 0.2) is 11.6 Å². The monoisotopic (exact) mass is 490 g/mol. The van der Waals surface area contributed by atoms with Gasteiger partial charge in [-0.15, -0.1) is 0 Å². The van der Waals surface area contributed by atoms with Gasteiger partial charge in [0.05, 0.1) is 31.4 Å². The maximum atomic E-state index is 15.0. The smallest absolute Gasteiger partial charge is 0.268 e. The summed E-state index contributed by atoms with van der Waals surface area (Å²) in [4.78, 5) is 21.2. The maximum absolute atomic E-state index is 15.0. The number of ether oxygens (including phenoxy) is 1. The summed E-state index contributed by atoms with van der Waals surface area (Å²) in [6.45, 7) is 0.133.